The van der Waals surface area contributed by atoms with Crippen molar-refractivity contribution in [2.45, 2.75) is 51.6 Å². The third-order valence-corrected chi connectivity index (χ3v) is 2.53. The van der Waals surface area contributed by atoms with E-state index in [9.17, 15) is 4.79 Å². The largest absolute Gasteiger partial charge is 0.339 e. The van der Waals surface area contributed by atoms with E-state index < -0.39 is 0 Å². The third kappa shape index (κ3) is 2.69. The first-order valence-electron chi connectivity index (χ1n) is 5.26. The first-order valence-corrected chi connectivity index (χ1v) is 5.26. The Labute approximate surface area is 80.3 Å². The molecular formula is C10H20N2O. The van der Waals surface area contributed by atoms with E-state index in [1.54, 1.807) is 0 Å². The maximum absolute atomic E-state index is 11.7. The molecule has 3 nitrogen and oxygen atoms in total. The summed E-state index contributed by atoms with van der Waals surface area (Å²) in [5.41, 5.74) is 5.78. The average Bonchev–Trinajstić information content (AvgIpc) is 2.90. The van der Waals surface area contributed by atoms with Gasteiger partial charge < -0.3 is 10.6 Å². The van der Waals surface area contributed by atoms with Crippen molar-refractivity contribution in [3.05, 3.63) is 0 Å². The lowest BCUT2D eigenvalue weighted by Gasteiger charge is -2.23. The number of carbonyl (C=O) groups excluding carboxylic acids is 1. The molecule has 0 heterocycles. The molecule has 0 bridgehead atoms. The number of hydrogen-bond acceptors (Lipinski definition) is 2. The lowest BCUT2D eigenvalue weighted by atomic mass is 10.1. The van der Waals surface area contributed by atoms with Crippen molar-refractivity contribution < 1.29 is 4.79 Å². The Kier molecular flexibility index (Phi) is 3.72. The summed E-state index contributed by atoms with van der Waals surface area (Å²) in [7, 11) is 0. The minimum Gasteiger partial charge on any atom is -0.339 e. The Balaban J connectivity index is 2.42. The van der Waals surface area contributed by atoms with Gasteiger partial charge in [0.2, 0.25) is 5.91 Å². The van der Waals surface area contributed by atoms with Crippen molar-refractivity contribution in [2.75, 3.05) is 6.54 Å². The van der Waals surface area contributed by atoms with Crippen LogP contribution in [0.1, 0.15) is 39.5 Å². The highest BCUT2D eigenvalue weighted by Crippen LogP contribution is 2.27. The van der Waals surface area contributed by atoms with E-state index in [1.165, 1.54) is 12.8 Å². The van der Waals surface area contributed by atoms with E-state index in [2.05, 4.69) is 6.92 Å². The quantitative estimate of drug-likeness (QED) is 0.696. The number of likely N-dealkylation sites (N-methyl/N-ethyl adjacent to an activating group) is 1. The van der Waals surface area contributed by atoms with Crippen LogP contribution in [0.25, 0.3) is 0 Å². The SMILES string of the molecule is CCCC(N)C(=O)N(CC)C1CC1. The summed E-state index contributed by atoms with van der Waals surface area (Å²) in [6.45, 7) is 4.89. The molecule has 0 saturated heterocycles. The number of nitrogens with zero attached hydrogens (tertiary/aromatic N) is 1. The molecule has 13 heavy (non-hydrogen) atoms. The standard InChI is InChI=1S/C10H20N2O/c1-3-5-9(11)10(13)12(4-2)8-6-7-8/h8-9H,3-7,11H2,1-2H3. The van der Waals surface area contributed by atoms with Gasteiger partial charge in [0, 0.05) is 12.6 Å². The fourth-order valence-electron chi connectivity index (χ4n) is 1.63. The summed E-state index contributed by atoms with van der Waals surface area (Å²) in [6, 6.07) is 0.228. The summed E-state index contributed by atoms with van der Waals surface area (Å²) in [4.78, 5) is 13.7. The summed E-state index contributed by atoms with van der Waals surface area (Å²) < 4.78 is 0. The molecular weight excluding hydrogens is 164 g/mol. The number of amides is 1. The Bertz CT molecular complexity index is 178. The summed E-state index contributed by atoms with van der Waals surface area (Å²) in [5, 5.41) is 0. The second-order valence-electron chi connectivity index (χ2n) is 3.75. The first kappa shape index (κ1) is 10.5. The molecule has 2 N–H and O–H groups in total. The topological polar surface area (TPSA) is 46.3 Å². The zero-order valence-corrected chi connectivity index (χ0v) is 8.62. The van der Waals surface area contributed by atoms with Crippen LogP contribution in [0.5, 0.6) is 0 Å². The molecule has 3 heteroatoms. The predicted octanol–water partition coefficient (Wildman–Crippen LogP) is 1.12. The minimum atomic E-state index is -0.273. The number of carbonyl (C=O) groups is 1. The molecule has 1 amide bonds. The van der Waals surface area contributed by atoms with Gasteiger partial charge in [-0.15, -0.1) is 0 Å². The van der Waals surface area contributed by atoms with Crippen molar-refractivity contribution in [3.8, 4) is 0 Å². The fraction of sp³-hybridized carbons (Fsp3) is 0.900. The molecule has 0 spiro atoms. The molecule has 1 aliphatic carbocycles. The van der Waals surface area contributed by atoms with Crippen LogP contribution in [0.2, 0.25) is 0 Å². The molecule has 0 aromatic rings. The van der Waals surface area contributed by atoms with Gasteiger partial charge in [-0.1, -0.05) is 13.3 Å². The van der Waals surface area contributed by atoms with Gasteiger partial charge in [0.1, 0.15) is 0 Å². The highest BCUT2D eigenvalue weighted by atomic mass is 16.2. The smallest absolute Gasteiger partial charge is 0.239 e. The predicted molar refractivity (Wildman–Crippen MR) is 53.3 cm³/mol. The van der Waals surface area contributed by atoms with Crippen LogP contribution in [-0.4, -0.2) is 29.4 Å². The van der Waals surface area contributed by atoms with E-state index in [4.69, 9.17) is 5.73 Å². The third-order valence-electron chi connectivity index (χ3n) is 2.53. The van der Waals surface area contributed by atoms with Crippen molar-refractivity contribution in [1.29, 1.82) is 0 Å². The van der Waals surface area contributed by atoms with Gasteiger partial charge in [-0.05, 0) is 26.2 Å². The lowest BCUT2D eigenvalue weighted by Crippen LogP contribution is -2.44. The van der Waals surface area contributed by atoms with Crippen LogP contribution in [0, 0.1) is 0 Å². The lowest BCUT2D eigenvalue weighted by molar-refractivity contribution is -0.133. The Hall–Kier alpha value is -0.570. The van der Waals surface area contributed by atoms with Crippen LogP contribution < -0.4 is 5.73 Å². The second kappa shape index (κ2) is 4.61. The zero-order valence-electron chi connectivity index (χ0n) is 8.62. The Morgan fingerprint density at radius 3 is 2.54 bits per heavy atom. The van der Waals surface area contributed by atoms with Crippen LogP contribution in [0.15, 0.2) is 0 Å². The van der Waals surface area contributed by atoms with E-state index in [0.717, 1.165) is 19.4 Å². The van der Waals surface area contributed by atoms with Gasteiger partial charge in [-0.2, -0.15) is 0 Å². The summed E-state index contributed by atoms with van der Waals surface area (Å²) in [6.07, 6.45) is 4.12. The van der Waals surface area contributed by atoms with Crippen molar-refractivity contribution in [2.24, 2.45) is 5.73 Å². The normalized spacial score (nSPS) is 18.4. The van der Waals surface area contributed by atoms with Crippen molar-refractivity contribution in [3.63, 3.8) is 0 Å². The maximum Gasteiger partial charge on any atom is 0.239 e. The monoisotopic (exact) mass is 184 g/mol. The summed E-state index contributed by atoms with van der Waals surface area (Å²) in [5.74, 6) is 0.145. The van der Waals surface area contributed by atoms with E-state index in [1.807, 2.05) is 11.8 Å². The highest BCUT2D eigenvalue weighted by Gasteiger charge is 2.33. The maximum atomic E-state index is 11.7. The first-order chi connectivity index (χ1) is 6.20. The molecule has 0 radical (unpaired) electrons. The highest BCUT2D eigenvalue weighted by molar-refractivity contribution is 5.82. The van der Waals surface area contributed by atoms with E-state index in [0.29, 0.717) is 6.04 Å². The van der Waals surface area contributed by atoms with E-state index in [-0.39, 0.29) is 11.9 Å². The van der Waals surface area contributed by atoms with Crippen LogP contribution in [0.3, 0.4) is 0 Å². The molecule has 1 unspecified atom stereocenters. The number of nitrogens with two attached hydrogens (primary N) is 1. The molecule has 0 aliphatic heterocycles. The van der Waals surface area contributed by atoms with Crippen LogP contribution in [0.4, 0.5) is 0 Å². The second-order valence-corrected chi connectivity index (χ2v) is 3.75. The molecule has 0 aromatic heterocycles. The molecule has 1 atom stereocenters. The number of rotatable bonds is 5. The average molecular weight is 184 g/mol. The van der Waals surface area contributed by atoms with Gasteiger partial charge in [-0.3, -0.25) is 4.79 Å². The molecule has 0 aromatic carbocycles. The molecule has 76 valence electrons. The van der Waals surface area contributed by atoms with Crippen molar-refractivity contribution in [1.82, 2.24) is 4.90 Å². The van der Waals surface area contributed by atoms with Gasteiger partial charge in [0.15, 0.2) is 0 Å². The van der Waals surface area contributed by atoms with Gasteiger partial charge in [-0.25, -0.2) is 0 Å². The van der Waals surface area contributed by atoms with Gasteiger partial charge >= 0.3 is 0 Å². The summed E-state index contributed by atoms with van der Waals surface area (Å²) >= 11 is 0. The Morgan fingerprint density at radius 1 is 1.54 bits per heavy atom. The van der Waals surface area contributed by atoms with Gasteiger partial charge in [0.25, 0.3) is 0 Å². The zero-order chi connectivity index (χ0) is 9.84. The Morgan fingerprint density at radius 2 is 2.15 bits per heavy atom. The minimum absolute atomic E-state index is 0.145. The van der Waals surface area contributed by atoms with E-state index >= 15 is 0 Å². The van der Waals surface area contributed by atoms with Crippen molar-refractivity contribution >= 4 is 5.91 Å². The van der Waals surface area contributed by atoms with Crippen LogP contribution in [-0.2, 0) is 4.79 Å². The molecule has 1 aliphatic rings. The molecule has 1 rings (SSSR count). The molecule has 1 saturated carbocycles. The molecule has 1 fully saturated rings. The number of hydrogen-bond donors (Lipinski definition) is 1. The fourth-order valence-corrected chi connectivity index (χ4v) is 1.63. The van der Waals surface area contributed by atoms with Crippen LogP contribution >= 0.6 is 0 Å². The van der Waals surface area contributed by atoms with Gasteiger partial charge in [0.05, 0.1) is 6.04 Å².